The predicted octanol–water partition coefficient (Wildman–Crippen LogP) is 6.07. The molecule has 0 unspecified atom stereocenters. The van der Waals surface area contributed by atoms with Crippen molar-refractivity contribution in [3.8, 4) is 0 Å². The molecule has 0 bridgehead atoms. The molecular formula is C30H45N5O2. The van der Waals surface area contributed by atoms with E-state index in [1.807, 2.05) is 77.9 Å². The van der Waals surface area contributed by atoms with E-state index in [4.69, 9.17) is 0 Å². The summed E-state index contributed by atoms with van der Waals surface area (Å²) in [6.45, 7) is 15.0. The van der Waals surface area contributed by atoms with Crippen LogP contribution in [-0.2, 0) is 0 Å². The molecule has 2 aliphatic rings. The maximum absolute atomic E-state index is 13.0. The van der Waals surface area contributed by atoms with Gasteiger partial charge in [0.05, 0.1) is 6.04 Å². The average molecular weight is 508 g/mol. The van der Waals surface area contributed by atoms with Crippen molar-refractivity contribution in [2.45, 2.75) is 66.5 Å². The topological polar surface area (TPSA) is 76.7 Å². The SMILES string of the molecule is CC.CC.CC1=C(C)[C@H](c2ccccc2)N(C(=O)NCCNC2CCN(c3ccccc3)CC2)C(=O)N1. The number of amides is 4. The molecule has 2 aliphatic heterocycles. The van der Waals surface area contributed by atoms with E-state index in [1.54, 1.807) is 0 Å². The van der Waals surface area contributed by atoms with Crippen LogP contribution in [0.15, 0.2) is 71.9 Å². The van der Waals surface area contributed by atoms with Gasteiger partial charge in [-0.1, -0.05) is 76.2 Å². The van der Waals surface area contributed by atoms with E-state index in [0.29, 0.717) is 19.1 Å². The quantitative estimate of drug-likeness (QED) is 0.415. The fraction of sp³-hybridized carbons (Fsp3) is 0.467. The lowest BCUT2D eigenvalue weighted by Crippen LogP contribution is -2.54. The van der Waals surface area contributed by atoms with E-state index in [9.17, 15) is 9.59 Å². The normalized spacial score (nSPS) is 17.7. The molecule has 2 aromatic rings. The molecule has 0 aliphatic carbocycles. The fourth-order valence-electron chi connectivity index (χ4n) is 4.59. The summed E-state index contributed by atoms with van der Waals surface area (Å²) in [5, 5.41) is 9.28. The number of hydrogen-bond acceptors (Lipinski definition) is 4. The molecule has 1 fully saturated rings. The van der Waals surface area contributed by atoms with E-state index in [1.165, 1.54) is 10.6 Å². The highest BCUT2D eigenvalue weighted by molar-refractivity contribution is 5.96. The number of rotatable bonds is 6. The Morgan fingerprint density at radius 2 is 1.46 bits per heavy atom. The van der Waals surface area contributed by atoms with Crippen LogP contribution in [0.1, 0.15) is 66.0 Å². The highest BCUT2D eigenvalue weighted by Crippen LogP contribution is 2.32. The number of benzene rings is 2. The summed E-state index contributed by atoms with van der Waals surface area (Å²) >= 11 is 0. The number of para-hydroxylation sites is 1. The summed E-state index contributed by atoms with van der Waals surface area (Å²) in [5.41, 5.74) is 3.94. The number of hydrogen-bond donors (Lipinski definition) is 3. The third kappa shape index (κ3) is 8.09. The number of nitrogens with one attached hydrogen (secondary N) is 3. The molecule has 1 atom stereocenters. The second-order valence-corrected chi connectivity index (χ2v) is 8.70. The molecule has 37 heavy (non-hydrogen) atoms. The monoisotopic (exact) mass is 507 g/mol. The Hall–Kier alpha value is -3.32. The molecule has 0 spiro atoms. The van der Waals surface area contributed by atoms with Crippen LogP contribution in [0.2, 0.25) is 0 Å². The van der Waals surface area contributed by atoms with Gasteiger partial charge in [-0.3, -0.25) is 0 Å². The van der Waals surface area contributed by atoms with Crippen LogP contribution < -0.4 is 20.9 Å². The minimum atomic E-state index is -0.407. The van der Waals surface area contributed by atoms with E-state index >= 15 is 0 Å². The summed E-state index contributed by atoms with van der Waals surface area (Å²) in [6.07, 6.45) is 2.13. The number of nitrogens with zero attached hydrogens (tertiary/aromatic N) is 2. The number of anilines is 1. The Bertz CT molecular complexity index is 986. The van der Waals surface area contributed by atoms with Gasteiger partial charge < -0.3 is 20.9 Å². The second kappa shape index (κ2) is 15.7. The molecule has 0 saturated carbocycles. The molecule has 2 heterocycles. The summed E-state index contributed by atoms with van der Waals surface area (Å²) < 4.78 is 0. The predicted molar refractivity (Wildman–Crippen MR) is 154 cm³/mol. The third-order valence-electron chi connectivity index (χ3n) is 6.56. The Morgan fingerprint density at radius 3 is 2.05 bits per heavy atom. The van der Waals surface area contributed by atoms with Gasteiger partial charge in [-0.2, -0.15) is 0 Å². The molecule has 202 valence electrons. The fourth-order valence-corrected chi connectivity index (χ4v) is 4.59. The lowest BCUT2D eigenvalue weighted by Gasteiger charge is -2.36. The number of imide groups is 1. The number of carbonyl (C=O) groups excluding carboxylic acids is 2. The highest BCUT2D eigenvalue weighted by Gasteiger charge is 2.36. The smallest absolute Gasteiger partial charge is 0.330 e. The van der Waals surface area contributed by atoms with Gasteiger partial charge in [0.15, 0.2) is 0 Å². The van der Waals surface area contributed by atoms with Crippen molar-refractivity contribution in [3.05, 3.63) is 77.5 Å². The van der Waals surface area contributed by atoms with Crippen LogP contribution in [0.3, 0.4) is 0 Å². The average Bonchev–Trinajstić information content (AvgIpc) is 2.96. The van der Waals surface area contributed by atoms with Gasteiger partial charge in [-0.05, 0) is 50.0 Å². The number of urea groups is 2. The van der Waals surface area contributed by atoms with Gasteiger partial charge in [0.25, 0.3) is 0 Å². The van der Waals surface area contributed by atoms with Gasteiger partial charge in [0.2, 0.25) is 0 Å². The summed E-state index contributed by atoms with van der Waals surface area (Å²) in [4.78, 5) is 29.4. The van der Waals surface area contributed by atoms with E-state index in [0.717, 1.165) is 42.8 Å². The van der Waals surface area contributed by atoms with Gasteiger partial charge in [-0.15, -0.1) is 0 Å². The molecule has 4 rings (SSSR count). The number of allylic oxidation sites excluding steroid dienone is 1. The number of piperidine rings is 1. The lowest BCUT2D eigenvalue weighted by atomic mass is 9.95. The molecular weight excluding hydrogens is 462 g/mol. The zero-order valence-corrected chi connectivity index (χ0v) is 23.4. The van der Waals surface area contributed by atoms with Gasteiger partial charge in [0, 0.05) is 43.6 Å². The number of carbonyl (C=O) groups is 2. The maximum atomic E-state index is 13.0. The Labute approximate surface area is 223 Å². The van der Waals surface area contributed by atoms with Gasteiger partial charge >= 0.3 is 12.1 Å². The van der Waals surface area contributed by atoms with E-state index < -0.39 is 12.1 Å². The molecule has 0 radical (unpaired) electrons. The largest absolute Gasteiger partial charge is 0.371 e. The van der Waals surface area contributed by atoms with Crippen molar-refractivity contribution in [2.24, 2.45) is 0 Å². The van der Waals surface area contributed by atoms with E-state index in [2.05, 4.69) is 45.1 Å². The standard InChI is InChI=1S/C26H33N5O2.2C2H6/c1-19-20(2)29-26(33)31(24(19)21-9-5-3-6-10-21)25(32)28-16-15-27-22-13-17-30(18-14-22)23-11-7-4-8-12-23;2*1-2/h3-12,22,24,27H,13-18H2,1-2H3,(H,28,32)(H,29,33);2*1-2H3/t24-;;/m1../s1. The van der Waals surface area contributed by atoms with Gasteiger partial charge in [0.1, 0.15) is 0 Å². The van der Waals surface area contributed by atoms with Crippen molar-refractivity contribution < 1.29 is 9.59 Å². The molecule has 3 N–H and O–H groups in total. The first-order valence-electron chi connectivity index (χ1n) is 13.7. The van der Waals surface area contributed by atoms with Gasteiger partial charge in [-0.25, -0.2) is 14.5 Å². The summed E-state index contributed by atoms with van der Waals surface area (Å²) in [5.74, 6) is 0. The summed E-state index contributed by atoms with van der Waals surface area (Å²) in [6, 6.07) is 19.4. The minimum absolute atomic E-state index is 0.381. The zero-order chi connectivity index (χ0) is 27.2. The zero-order valence-electron chi connectivity index (χ0n) is 23.4. The molecule has 7 heteroatoms. The second-order valence-electron chi connectivity index (χ2n) is 8.70. The van der Waals surface area contributed by atoms with Crippen LogP contribution in [0.4, 0.5) is 15.3 Å². The van der Waals surface area contributed by atoms with Crippen LogP contribution in [0.5, 0.6) is 0 Å². The first kappa shape index (κ1) is 29.9. The van der Waals surface area contributed by atoms with Crippen molar-refractivity contribution in [2.75, 3.05) is 31.1 Å². The minimum Gasteiger partial charge on any atom is -0.371 e. The third-order valence-corrected chi connectivity index (χ3v) is 6.56. The van der Waals surface area contributed by atoms with Crippen LogP contribution >= 0.6 is 0 Å². The van der Waals surface area contributed by atoms with Crippen molar-refractivity contribution in [3.63, 3.8) is 0 Å². The summed E-state index contributed by atoms with van der Waals surface area (Å²) in [7, 11) is 0. The Kier molecular flexibility index (Phi) is 12.7. The molecule has 7 nitrogen and oxygen atoms in total. The first-order chi connectivity index (χ1) is 18.0. The highest BCUT2D eigenvalue weighted by atomic mass is 16.2. The van der Waals surface area contributed by atoms with E-state index in [-0.39, 0.29) is 6.03 Å². The van der Waals surface area contributed by atoms with Crippen molar-refractivity contribution in [1.29, 1.82) is 0 Å². The molecule has 2 aromatic carbocycles. The molecule has 0 aromatic heterocycles. The Morgan fingerprint density at radius 1 is 0.892 bits per heavy atom. The van der Waals surface area contributed by atoms with Crippen LogP contribution in [0.25, 0.3) is 0 Å². The van der Waals surface area contributed by atoms with Crippen molar-refractivity contribution in [1.82, 2.24) is 20.9 Å². The molecule has 4 amide bonds. The Balaban J connectivity index is 0.00000115. The molecule has 1 saturated heterocycles. The van der Waals surface area contributed by atoms with Crippen molar-refractivity contribution >= 4 is 17.7 Å². The first-order valence-corrected chi connectivity index (χ1v) is 13.7. The lowest BCUT2D eigenvalue weighted by molar-refractivity contribution is 0.172. The van der Waals surface area contributed by atoms with Crippen LogP contribution in [-0.4, -0.2) is 49.2 Å². The maximum Gasteiger partial charge on any atom is 0.330 e. The van der Waals surface area contributed by atoms with Crippen LogP contribution in [0, 0.1) is 0 Å².